The highest BCUT2D eigenvalue weighted by molar-refractivity contribution is 8.00. The Hall–Kier alpha value is -1.64. The number of hydrogen-bond donors (Lipinski definition) is 2. The Morgan fingerprint density at radius 3 is 2.81 bits per heavy atom. The first-order valence-electron chi connectivity index (χ1n) is 6.15. The van der Waals surface area contributed by atoms with E-state index in [9.17, 15) is 18.0 Å². The summed E-state index contributed by atoms with van der Waals surface area (Å²) in [5, 5.41) is 4.82. The van der Waals surface area contributed by atoms with Crippen LogP contribution in [0.2, 0.25) is 0 Å². The highest BCUT2D eigenvalue weighted by atomic mass is 32.2. The molecule has 1 rings (SSSR count). The van der Waals surface area contributed by atoms with E-state index in [2.05, 4.69) is 15.6 Å². The van der Waals surface area contributed by atoms with E-state index in [1.807, 2.05) is 13.8 Å². The van der Waals surface area contributed by atoms with E-state index in [0.29, 0.717) is 5.69 Å². The molecule has 0 aromatic carbocycles. The normalized spacial score (nSPS) is 11.3. The third-order valence-corrected chi connectivity index (χ3v) is 2.76. The SMILES string of the molecule is CC(C)Oc1ncccc1NC(=O)NCCSC(F)(F)F. The topological polar surface area (TPSA) is 63.2 Å². The summed E-state index contributed by atoms with van der Waals surface area (Å²) in [5.41, 5.74) is -3.94. The van der Waals surface area contributed by atoms with Crippen LogP contribution in [-0.4, -0.2) is 34.9 Å². The molecule has 0 radical (unpaired) electrons. The molecule has 21 heavy (non-hydrogen) atoms. The van der Waals surface area contributed by atoms with Crippen molar-refractivity contribution in [1.29, 1.82) is 0 Å². The van der Waals surface area contributed by atoms with Crippen molar-refractivity contribution in [3.8, 4) is 5.88 Å². The average Bonchev–Trinajstić information content (AvgIpc) is 2.35. The summed E-state index contributed by atoms with van der Waals surface area (Å²) in [5.74, 6) is 0.00609. The molecule has 2 N–H and O–H groups in total. The smallest absolute Gasteiger partial charge is 0.441 e. The second kappa shape index (κ2) is 7.96. The Bertz CT molecular complexity index is 469. The number of thioether (sulfide) groups is 1. The number of anilines is 1. The van der Waals surface area contributed by atoms with Crippen LogP contribution in [-0.2, 0) is 0 Å². The number of nitrogens with one attached hydrogen (secondary N) is 2. The maximum absolute atomic E-state index is 11.9. The number of pyridine rings is 1. The molecule has 0 unspecified atom stereocenters. The fraction of sp³-hybridized carbons (Fsp3) is 0.500. The number of hydrogen-bond acceptors (Lipinski definition) is 4. The molecule has 1 aromatic heterocycles. The molecule has 0 aliphatic heterocycles. The summed E-state index contributed by atoms with van der Waals surface area (Å²) in [6, 6.07) is 2.59. The molecule has 0 bridgehead atoms. The fourth-order valence-electron chi connectivity index (χ4n) is 1.30. The van der Waals surface area contributed by atoms with E-state index >= 15 is 0 Å². The number of carbonyl (C=O) groups excluding carboxylic acids is 1. The van der Waals surface area contributed by atoms with Crippen molar-refractivity contribution in [3.63, 3.8) is 0 Å². The first-order chi connectivity index (χ1) is 9.78. The molecule has 1 heterocycles. The van der Waals surface area contributed by atoms with Gasteiger partial charge in [0, 0.05) is 18.5 Å². The van der Waals surface area contributed by atoms with Gasteiger partial charge in [-0.2, -0.15) is 13.2 Å². The van der Waals surface area contributed by atoms with Crippen molar-refractivity contribution in [2.45, 2.75) is 25.5 Å². The van der Waals surface area contributed by atoms with Gasteiger partial charge in [0.15, 0.2) is 0 Å². The number of nitrogens with zero attached hydrogens (tertiary/aromatic N) is 1. The van der Waals surface area contributed by atoms with Gasteiger partial charge in [0.2, 0.25) is 5.88 Å². The lowest BCUT2D eigenvalue weighted by atomic mass is 10.4. The number of amides is 2. The number of ether oxygens (including phenoxy) is 1. The zero-order valence-corrected chi connectivity index (χ0v) is 12.3. The second-order valence-electron chi connectivity index (χ2n) is 4.20. The third kappa shape index (κ3) is 7.64. The van der Waals surface area contributed by atoms with E-state index in [0.717, 1.165) is 0 Å². The molecule has 0 aliphatic rings. The summed E-state index contributed by atoms with van der Waals surface area (Å²) in [6.07, 6.45) is 1.40. The van der Waals surface area contributed by atoms with Crippen LogP contribution in [0.1, 0.15) is 13.8 Å². The van der Waals surface area contributed by atoms with Gasteiger partial charge < -0.3 is 15.4 Å². The summed E-state index contributed by atoms with van der Waals surface area (Å²) in [7, 11) is 0. The van der Waals surface area contributed by atoms with Gasteiger partial charge in [0.05, 0.1) is 6.10 Å². The van der Waals surface area contributed by atoms with Gasteiger partial charge in [-0.25, -0.2) is 9.78 Å². The molecule has 5 nitrogen and oxygen atoms in total. The molecule has 0 spiro atoms. The molecule has 0 saturated carbocycles. The molecule has 0 saturated heterocycles. The van der Waals surface area contributed by atoms with Gasteiger partial charge in [-0.05, 0) is 37.7 Å². The quantitative estimate of drug-likeness (QED) is 0.789. The van der Waals surface area contributed by atoms with Crippen molar-refractivity contribution < 1.29 is 22.7 Å². The first-order valence-corrected chi connectivity index (χ1v) is 7.13. The fourth-order valence-corrected chi connectivity index (χ4v) is 1.74. The molecule has 118 valence electrons. The lowest BCUT2D eigenvalue weighted by molar-refractivity contribution is -0.0327. The molecule has 2 amide bonds. The standard InChI is InChI=1S/C12H16F3N3O2S/c1-8(2)20-10-9(4-3-5-16-10)18-11(19)17-6-7-21-12(13,14)15/h3-5,8H,6-7H2,1-2H3,(H2,17,18,19). The predicted molar refractivity (Wildman–Crippen MR) is 75.5 cm³/mol. The number of urea groups is 1. The maximum Gasteiger partial charge on any atom is 0.441 e. The third-order valence-electron chi connectivity index (χ3n) is 2.02. The second-order valence-corrected chi connectivity index (χ2v) is 5.36. The molecule has 9 heteroatoms. The zero-order valence-electron chi connectivity index (χ0n) is 11.5. The Kier molecular flexibility index (Phi) is 6.60. The van der Waals surface area contributed by atoms with Gasteiger partial charge >= 0.3 is 11.5 Å². The number of aromatic nitrogens is 1. The molecule has 0 fully saturated rings. The van der Waals surface area contributed by atoms with Crippen molar-refractivity contribution in [2.75, 3.05) is 17.6 Å². The largest absolute Gasteiger partial charge is 0.473 e. The van der Waals surface area contributed by atoms with Crippen LogP contribution in [0.4, 0.5) is 23.7 Å². The monoisotopic (exact) mass is 323 g/mol. The minimum atomic E-state index is -4.29. The van der Waals surface area contributed by atoms with Crippen molar-refractivity contribution in [1.82, 2.24) is 10.3 Å². The number of carbonyl (C=O) groups is 1. The van der Waals surface area contributed by atoms with Gasteiger partial charge in [-0.1, -0.05) is 0 Å². The van der Waals surface area contributed by atoms with Crippen molar-refractivity contribution in [2.24, 2.45) is 0 Å². The Morgan fingerprint density at radius 1 is 1.48 bits per heavy atom. The lowest BCUT2D eigenvalue weighted by Crippen LogP contribution is -2.31. The minimum absolute atomic E-state index is 0.101. The zero-order chi connectivity index (χ0) is 15.9. The molecule has 0 atom stereocenters. The number of rotatable bonds is 6. The number of halogens is 3. The molecule has 0 aliphatic carbocycles. The van der Waals surface area contributed by atoms with Gasteiger partial charge in [0.1, 0.15) is 5.69 Å². The lowest BCUT2D eigenvalue weighted by Gasteiger charge is -2.14. The van der Waals surface area contributed by atoms with Crippen LogP contribution in [0.5, 0.6) is 5.88 Å². The van der Waals surface area contributed by atoms with Crippen LogP contribution < -0.4 is 15.4 Å². The van der Waals surface area contributed by atoms with E-state index in [1.165, 1.54) is 6.20 Å². The Morgan fingerprint density at radius 2 is 2.19 bits per heavy atom. The summed E-state index contributed by atoms with van der Waals surface area (Å²) < 4.78 is 41.1. The van der Waals surface area contributed by atoms with Crippen LogP contribution >= 0.6 is 11.8 Å². The van der Waals surface area contributed by atoms with E-state index in [1.54, 1.807) is 12.1 Å². The van der Waals surface area contributed by atoms with Gasteiger partial charge in [-0.15, -0.1) is 0 Å². The predicted octanol–water partition coefficient (Wildman–Crippen LogP) is 3.24. The summed E-state index contributed by atoms with van der Waals surface area (Å²) >= 11 is -0.186. The highest BCUT2D eigenvalue weighted by Gasteiger charge is 2.27. The maximum atomic E-state index is 11.9. The highest BCUT2D eigenvalue weighted by Crippen LogP contribution is 2.29. The van der Waals surface area contributed by atoms with E-state index in [4.69, 9.17) is 4.74 Å². The van der Waals surface area contributed by atoms with Crippen molar-refractivity contribution in [3.05, 3.63) is 18.3 Å². The van der Waals surface area contributed by atoms with Gasteiger partial charge in [-0.3, -0.25) is 0 Å². The van der Waals surface area contributed by atoms with Crippen LogP contribution in [0, 0.1) is 0 Å². The summed E-state index contributed by atoms with van der Waals surface area (Å²) in [6.45, 7) is 3.52. The Balaban J connectivity index is 2.44. The van der Waals surface area contributed by atoms with Crippen LogP contribution in [0.25, 0.3) is 0 Å². The van der Waals surface area contributed by atoms with Crippen LogP contribution in [0.3, 0.4) is 0 Å². The molecule has 1 aromatic rings. The minimum Gasteiger partial charge on any atom is -0.473 e. The number of alkyl halides is 3. The van der Waals surface area contributed by atoms with E-state index < -0.39 is 11.5 Å². The van der Waals surface area contributed by atoms with E-state index in [-0.39, 0.29) is 36.0 Å². The van der Waals surface area contributed by atoms with Crippen LogP contribution in [0.15, 0.2) is 18.3 Å². The van der Waals surface area contributed by atoms with Gasteiger partial charge in [0.25, 0.3) is 0 Å². The molecular formula is C12H16F3N3O2S. The average molecular weight is 323 g/mol. The summed E-state index contributed by atoms with van der Waals surface area (Å²) in [4.78, 5) is 15.6. The Labute approximate surface area is 124 Å². The first kappa shape index (κ1) is 17.4. The van der Waals surface area contributed by atoms with Crippen molar-refractivity contribution >= 4 is 23.5 Å². The molecular weight excluding hydrogens is 307 g/mol.